The molecule has 1 amide bonds. The highest BCUT2D eigenvalue weighted by Crippen LogP contribution is 2.39. The van der Waals surface area contributed by atoms with E-state index in [2.05, 4.69) is 24.6 Å². The topological polar surface area (TPSA) is 62.1 Å². The summed E-state index contributed by atoms with van der Waals surface area (Å²) in [4.78, 5) is 18.2. The lowest BCUT2D eigenvalue weighted by Gasteiger charge is -2.16. The third kappa shape index (κ3) is 4.82. The summed E-state index contributed by atoms with van der Waals surface area (Å²) in [5.74, 6) is 1.08. The molecule has 0 bridgehead atoms. The van der Waals surface area contributed by atoms with E-state index < -0.39 is 0 Å². The van der Waals surface area contributed by atoms with Crippen molar-refractivity contribution in [3.63, 3.8) is 0 Å². The summed E-state index contributed by atoms with van der Waals surface area (Å²) in [5, 5.41) is 0. The maximum atomic E-state index is 13.2. The number of aryl methyl sites for hydroxylation is 1. The smallest absolute Gasteiger partial charge is 0.279 e. The van der Waals surface area contributed by atoms with Gasteiger partial charge in [-0.3, -0.25) is 4.79 Å². The summed E-state index contributed by atoms with van der Waals surface area (Å²) in [6, 6.07) is 9.43. The fourth-order valence-electron chi connectivity index (χ4n) is 3.35. The number of thiazole rings is 1. The molecular formula is C24H28N2O4S. The Morgan fingerprint density at radius 3 is 2.32 bits per heavy atom. The number of hydrogen-bond acceptors (Lipinski definition) is 5. The second kappa shape index (κ2) is 10.3. The van der Waals surface area contributed by atoms with Gasteiger partial charge in [0.05, 0.1) is 30.0 Å². The van der Waals surface area contributed by atoms with E-state index in [0.29, 0.717) is 54.0 Å². The molecule has 31 heavy (non-hydrogen) atoms. The Kier molecular flexibility index (Phi) is 7.52. The molecule has 0 saturated heterocycles. The summed E-state index contributed by atoms with van der Waals surface area (Å²) in [5.41, 5.74) is 2.58. The number of carbonyl (C=O) groups excluding carboxylic acids is 1. The largest absolute Gasteiger partial charge is 0.490 e. The van der Waals surface area contributed by atoms with Crippen LogP contribution in [0, 0.1) is 6.92 Å². The predicted octanol–water partition coefficient (Wildman–Crippen LogP) is 5.13. The molecule has 0 aliphatic rings. The van der Waals surface area contributed by atoms with Crippen LogP contribution in [0.25, 0.3) is 10.2 Å². The van der Waals surface area contributed by atoms with E-state index in [9.17, 15) is 4.79 Å². The number of carbonyl (C=O) groups is 1. The summed E-state index contributed by atoms with van der Waals surface area (Å²) in [6.07, 6.45) is 1.80. The first-order valence-corrected chi connectivity index (χ1v) is 11.2. The standard InChI is InChI=1S/C24H28N2O4S/c1-6-13-26-21-16(5)11-10-12-20(21)31-24(26)25-23(27)17-14-18(28-7-2)22(30-9-4)19(15-17)29-8-3/h6,10-12,14-15H,1,7-9,13H2,2-5H3. The fourth-order valence-corrected chi connectivity index (χ4v) is 4.47. The van der Waals surface area contributed by atoms with Gasteiger partial charge in [-0.2, -0.15) is 4.99 Å². The number of hydrogen-bond donors (Lipinski definition) is 0. The third-order valence-electron chi connectivity index (χ3n) is 4.57. The van der Waals surface area contributed by atoms with Crippen LogP contribution in [0.2, 0.25) is 0 Å². The highest BCUT2D eigenvalue weighted by molar-refractivity contribution is 7.16. The van der Waals surface area contributed by atoms with E-state index in [-0.39, 0.29) is 5.91 Å². The molecule has 7 heteroatoms. The first-order valence-electron chi connectivity index (χ1n) is 10.4. The molecule has 0 radical (unpaired) electrons. The minimum Gasteiger partial charge on any atom is -0.490 e. The van der Waals surface area contributed by atoms with E-state index in [1.807, 2.05) is 37.5 Å². The minimum atomic E-state index is -0.369. The zero-order valence-corrected chi connectivity index (χ0v) is 19.3. The van der Waals surface area contributed by atoms with Crippen LogP contribution < -0.4 is 19.0 Å². The van der Waals surface area contributed by atoms with Crippen molar-refractivity contribution >= 4 is 27.5 Å². The first-order chi connectivity index (χ1) is 15.0. The Morgan fingerprint density at radius 2 is 1.74 bits per heavy atom. The molecule has 0 N–H and O–H groups in total. The number of benzene rings is 2. The van der Waals surface area contributed by atoms with Gasteiger partial charge in [0, 0.05) is 12.1 Å². The lowest BCUT2D eigenvalue weighted by Crippen LogP contribution is -2.17. The second-order valence-corrected chi connectivity index (χ2v) is 7.73. The summed E-state index contributed by atoms with van der Waals surface area (Å²) < 4.78 is 20.3. The minimum absolute atomic E-state index is 0.369. The lowest BCUT2D eigenvalue weighted by molar-refractivity contribution is 0.0996. The van der Waals surface area contributed by atoms with Gasteiger partial charge in [-0.15, -0.1) is 6.58 Å². The molecule has 2 aromatic carbocycles. The van der Waals surface area contributed by atoms with Crippen molar-refractivity contribution in [2.75, 3.05) is 19.8 Å². The highest BCUT2D eigenvalue weighted by Gasteiger charge is 2.19. The van der Waals surface area contributed by atoms with Crippen molar-refractivity contribution in [2.45, 2.75) is 34.2 Å². The maximum Gasteiger partial charge on any atom is 0.279 e. The fraction of sp³-hybridized carbons (Fsp3) is 0.333. The molecule has 164 valence electrons. The Hall–Kier alpha value is -3.06. The van der Waals surface area contributed by atoms with Crippen LogP contribution in [-0.2, 0) is 6.54 Å². The molecule has 0 aliphatic heterocycles. The van der Waals surface area contributed by atoms with Gasteiger partial charge in [0.25, 0.3) is 5.91 Å². The Bertz CT molecular complexity index is 1130. The number of aromatic nitrogens is 1. The van der Waals surface area contributed by atoms with Crippen LogP contribution >= 0.6 is 11.3 Å². The van der Waals surface area contributed by atoms with Crippen LogP contribution in [0.5, 0.6) is 17.2 Å². The van der Waals surface area contributed by atoms with Crippen molar-refractivity contribution in [1.82, 2.24) is 4.57 Å². The quantitative estimate of drug-likeness (QED) is 0.433. The number of allylic oxidation sites excluding steroid dienone is 1. The van der Waals surface area contributed by atoms with Gasteiger partial charge in [0.1, 0.15) is 0 Å². The summed E-state index contributed by atoms with van der Waals surface area (Å²) >= 11 is 1.48. The number of ether oxygens (including phenoxy) is 3. The monoisotopic (exact) mass is 440 g/mol. The average Bonchev–Trinajstić information content (AvgIpc) is 3.09. The Balaban J connectivity index is 2.15. The first kappa shape index (κ1) is 22.6. The highest BCUT2D eigenvalue weighted by atomic mass is 32.1. The van der Waals surface area contributed by atoms with E-state index in [1.165, 1.54) is 11.3 Å². The third-order valence-corrected chi connectivity index (χ3v) is 5.61. The van der Waals surface area contributed by atoms with Gasteiger partial charge in [-0.05, 0) is 51.5 Å². The molecule has 0 fully saturated rings. The zero-order valence-electron chi connectivity index (χ0n) is 18.4. The van der Waals surface area contributed by atoms with Gasteiger partial charge >= 0.3 is 0 Å². The summed E-state index contributed by atoms with van der Waals surface area (Å²) in [7, 11) is 0. The average molecular weight is 441 g/mol. The Labute approximate surface area is 186 Å². The molecule has 3 aromatic rings. The van der Waals surface area contributed by atoms with Crippen LogP contribution in [0.15, 0.2) is 48.0 Å². The number of para-hydroxylation sites is 1. The molecule has 1 aromatic heterocycles. The van der Waals surface area contributed by atoms with Crippen LogP contribution in [0.3, 0.4) is 0 Å². The van der Waals surface area contributed by atoms with Crippen molar-refractivity contribution in [2.24, 2.45) is 4.99 Å². The molecular weight excluding hydrogens is 412 g/mol. The number of amides is 1. The van der Waals surface area contributed by atoms with Crippen molar-refractivity contribution < 1.29 is 19.0 Å². The van der Waals surface area contributed by atoms with Gasteiger partial charge in [-0.1, -0.05) is 29.5 Å². The summed E-state index contributed by atoms with van der Waals surface area (Å²) in [6.45, 7) is 13.5. The second-order valence-electron chi connectivity index (χ2n) is 6.72. The molecule has 0 spiro atoms. The van der Waals surface area contributed by atoms with Crippen LogP contribution in [0.1, 0.15) is 36.7 Å². The molecule has 1 heterocycles. The van der Waals surface area contributed by atoms with E-state index in [0.717, 1.165) is 15.8 Å². The zero-order chi connectivity index (χ0) is 22.4. The molecule has 0 saturated carbocycles. The maximum absolute atomic E-state index is 13.2. The van der Waals surface area contributed by atoms with Crippen molar-refractivity contribution in [3.8, 4) is 17.2 Å². The van der Waals surface area contributed by atoms with Gasteiger partial charge in [-0.25, -0.2) is 0 Å². The van der Waals surface area contributed by atoms with E-state index in [1.54, 1.807) is 18.2 Å². The van der Waals surface area contributed by atoms with Crippen LogP contribution in [-0.4, -0.2) is 30.3 Å². The lowest BCUT2D eigenvalue weighted by atomic mass is 10.1. The predicted molar refractivity (Wildman–Crippen MR) is 125 cm³/mol. The van der Waals surface area contributed by atoms with Crippen molar-refractivity contribution in [3.05, 3.63) is 58.9 Å². The molecule has 3 rings (SSSR count). The number of fused-ring (bicyclic) bond motifs is 1. The number of nitrogens with zero attached hydrogens (tertiary/aromatic N) is 2. The SMILES string of the molecule is C=CCn1c(=NC(=O)c2cc(OCC)c(OCC)c(OCC)c2)sc2cccc(C)c21. The van der Waals surface area contributed by atoms with Gasteiger partial charge in [0.15, 0.2) is 16.3 Å². The van der Waals surface area contributed by atoms with E-state index in [4.69, 9.17) is 14.2 Å². The van der Waals surface area contributed by atoms with Gasteiger partial charge < -0.3 is 18.8 Å². The van der Waals surface area contributed by atoms with E-state index >= 15 is 0 Å². The van der Waals surface area contributed by atoms with Crippen LogP contribution in [0.4, 0.5) is 0 Å². The Morgan fingerprint density at radius 1 is 1.10 bits per heavy atom. The van der Waals surface area contributed by atoms with Gasteiger partial charge in [0.2, 0.25) is 5.75 Å². The molecule has 0 aliphatic carbocycles. The normalized spacial score (nSPS) is 11.5. The molecule has 0 unspecified atom stereocenters. The number of rotatable bonds is 9. The molecule has 6 nitrogen and oxygen atoms in total. The van der Waals surface area contributed by atoms with Crippen molar-refractivity contribution in [1.29, 1.82) is 0 Å². The molecule has 0 atom stereocenters.